The van der Waals surface area contributed by atoms with Gasteiger partial charge in [-0.05, 0) is 43.7 Å². The lowest BCUT2D eigenvalue weighted by molar-refractivity contribution is -0.137. The molecule has 1 aromatic carbocycles. The van der Waals surface area contributed by atoms with Gasteiger partial charge in [0.25, 0.3) is 0 Å². The van der Waals surface area contributed by atoms with Crippen LogP contribution < -0.4 is 16.2 Å². The van der Waals surface area contributed by atoms with Crippen LogP contribution in [0.2, 0.25) is 0 Å². The van der Waals surface area contributed by atoms with E-state index in [1.165, 1.54) is 0 Å². The molecule has 7 nitrogen and oxygen atoms in total. The summed E-state index contributed by atoms with van der Waals surface area (Å²) >= 11 is 0. The van der Waals surface area contributed by atoms with Gasteiger partial charge in [0.15, 0.2) is 0 Å². The van der Waals surface area contributed by atoms with Crippen LogP contribution in [0.5, 0.6) is 0 Å². The van der Waals surface area contributed by atoms with Gasteiger partial charge in [-0.1, -0.05) is 37.5 Å². The maximum Gasteiger partial charge on any atom is 0.333 e. The van der Waals surface area contributed by atoms with Crippen molar-refractivity contribution in [3.05, 3.63) is 30.3 Å². The molecule has 7 heteroatoms. The summed E-state index contributed by atoms with van der Waals surface area (Å²) in [5.74, 6) is 0.218. The van der Waals surface area contributed by atoms with E-state index in [1.807, 2.05) is 30.3 Å². The Morgan fingerprint density at radius 2 is 1.71 bits per heavy atom. The summed E-state index contributed by atoms with van der Waals surface area (Å²) in [5.41, 5.74) is 6.55. The number of aliphatic carboxylic acids is 1. The normalized spacial score (nSPS) is 25.6. The first kappa shape index (κ1) is 20.6. The number of carboxylic acid groups (broad SMARTS) is 1. The molecule has 3 rings (SSSR count). The zero-order valence-electron chi connectivity index (χ0n) is 16.2. The van der Waals surface area contributed by atoms with Gasteiger partial charge in [-0.3, -0.25) is 10.2 Å². The van der Waals surface area contributed by atoms with Crippen molar-refractivity contribution in [3.8, 4) is 0 Å². The minimum absolute atomic E-state index is 0.264. The summed E-state index contributed by atoms with van der Waals surface area (Å²) in [6.07, 6.45) is 8.13. The van der Waals surface area contributed by atoms with Crippen LogP contribution >= 0.6 is 0 Å². The topological polar surface area (TPSA) is 99.7 Å². The van der Waals surface area contributed by atoms with E-state index in [0.717, 1.165) is 50.6 Å². The van der Waals surface area contributed by atoms with Crippen molar-refractivity contribution in [2.24, 2.45) is 11.8 Å². The molecule has 0 unspecified atom stereocenters. The quantitative estimate of drug-likeness (QED) is 0.343. The second-order valence-corrected chi connectivity index (χ2v) is 7.79. The molecule has 0 radical (unpaired) electrons. The highest BCUT2D eigenvalue weighted by Gasteiger charge is 2.47. The number of hydrazine groups is 1. The van der Waals surface area contributed by atoms with Crippen LogP contribution in [0.4, 0.5) is 10.5 Å². The number of amides is 2. The number of benzene rings is 1. The average Bonchev–Trinajstić information content (AvgIpc) is 3.27. The van der Waals surface area contributed by atoms with E-state index in [0.29, 0.717) is 24.5 Å². The first-order chi connectivity index (χ1) is 13.6. The van der Waals surface area contributed by atoms with Crippen LogP contribution in [0.1, 0.15) is 51.4 Å². The monoisotopic (exact) mass is 389 g/mol. The van der Waals surface area contributed by atoms with Gasteiger partial charge in [0.05, 0.1) is 12.2 Å². The number of hydrogen-bond acceptors (Lipinski definition) is 4. The number of carbonyl (C=O) groups excluding carboxylic acids is 1. The summed E-state index contributed by atoms with van der Waals surface area (Å²) in [6.45, 7) is 0.701. The molecule has 0 spiro atoms. The zero-order chi connectivity index (χ0) is 19.8. The lowest BCUT2D eigenvalue weighted by atomic mass is 9.76. The summed E-state index contributed by atoms with van der Waals surface area (Å²) < 4.78 is 6.11. The van der Waals surface area contributed by atoms with Gasteiger partial charge in [-0.2, -0.15) is 0 Å². The molecule has 2 bridgehead atoms. The van der Waals surface area contributed by atoms with Crippen molar-refractivity contribution in [3.63, 3.8) is 0 Å². The van der Waals surface area contributed by atoms with Gasteiger partial charge in [0.1, 0.15) is 0 Å². The second kappa shape index (κ2) is 10.4. The Balaban J connectivity index is 1.36. The minimum atomic E-state index is -0.712. The van der Waals surface area contributed by atoms with E-state index in [2.05, 4.69) is 16.2 Å². The molecule has 28 heavy (non-hydrogen) atoms. The molecule has 0 aliphatic carbocycles. The maximum atomic E-state index is 12.0. The average molecular weight is 389 g/mol. The van der Waals surface area contributed by atoms with Crippen molar-refractivity contribution in [1.82, 2.24) is 10.9 Å². The summed E-state index contributed by atoms with van der Waals surface area (Å²) in [4.78, 5) is 22.6. The maximum absolute atomic E-state index is 12.0. The number of anilines is 1. The van der Waals surface area contributed by atoms with E-state index in [4.69, 9.17) is 9.84 Å². The van der Waals surface area contributed by atoms with E-state index in [1.54, 1.807) is 0 Å². The van der Waals surface area contributed by atoms with Gasteiger partial charge < -0.3 is 15.2 Å². The van der Waals surface area contributed by atoms with Crippen molar-refractivity contribution < 1.29 is 19.4 Å². The lowest BCUT2D eigenvalue weighted by Crippen LogP contribution is -2.45. The Bertz CT molecular complexity index is 640. The van der Waals surface area contributed by atoms with Crippen molar-refractivity contribution in [2.75, 3.05) is 11.9 Å². The first-order valence-corrected chi connectivity index (χ1v) is 10.4. The summed E-state index contributed by atoms with van der Waals surface area (Å²) in [7, 11) is 0. The van der Waals surface area contributed by atoms with Gasteiger partial charge in [0.2, 0.25) is 0 Å². The second-order valence-electron chi connectivity index (χ2n) is 7.79. The Morgan fingerprint density at radius 1 is 1.00 bits per heavy atom. The minimum Gasteiger partial charge on any atom is -0.481 e. The zero-order valence-corrected chi connectivity index (χ0v) is 16.2. The van der Waals surface area contributed by atoms with Gasteiger partial charge in [0, 0.05) is 24.6 Å². The highest BCUT2D eigenvalue weighted by Crippen LogP contribution is 2.45. The summed E-state index contributed by atoms with van der Waals surface area (Å²) in [5, 5.41) is 11.5. The number of hydrogen-bond donors (Lipinski definition) is 4. The van der Waals surface area contributed by atoms with E-state index < -0.39 is 5.97 Å². The molecule has 2 aliphatic heterocycles. The molecule has 2 fully saturated rings. The van der Waals surface area contributed by atoms with Gasteiger partial charge in [-0.15, -0.1) is 0 Å². The van der Waals surface area contributed by atoms with Crippen LogP contribution in [-0.2, 0) is 9.53 Å². The highest BCUT2D eigenvalue weighted by molar-refractivity contribution is 5.88. The van der Waals surface area contributed by atoms with Crippen LogP contribution in [0.25, 0.3) is 0 Å². The lowest BCUT2D eigenvalue weighted by Gasteiger charge is -2.28. The number of ether oxygens (including phenoxy) is 1. The molecule has 0 saturated carbocycles. The number of urea groups is 1. The molecular formula is C21H31N3O4. The molecule has 4 atom stereocenters. The van der Waals surface area contributed by atoms with E-state index >= 15 is 0 Å². The third-order valence-electron chi connectivity index (χ3n) is 5.84. The van der Waals surface area contributed by atoms with Gasteiger partial charge >= 0.3 is 12.0 Å². The molecule has 2 saturated heterocycles. The largest absolute Gasteiger partial charge is 0.481 e. The first-order valence-electron chi connectivity index (χ1n) is 10.4. The number of carbonyl (C=O) groups is 2. The highest BCUT2D eigenvalue weighted by atomic mass is 16.5. The molecule has 154 valence electrons. The van der Waals surface area contributed by atoms with Crippen molar-refractivity contribution in [2.45, 2.75) is 63.6 Å². The molecule has 1 aromatic rings. The predicted molar refractivity (Wildman–Crippen MR) is 107 cm³/mol. The van der Waals surface area contributed by atoms with Crippen LogP contribution in [0.15, 0.2) is 30.3 Å². The molecular weight excluding hydrogens is 358 g/mol. The van der Waals surface area contributed by atoms with Crippen LogP contribution in [0, 0.1) is 11.8 Å². The number of nitrogens with one attached hydrogen (secondary N) is 3. The van der Waals surface area contributed by atoms with Crippen molar-refractivity contribution >= 4 is 17.7 Å². The number of para-hydroxylation sites is 1. The van der Waals surface area contributed by atoms with Crippen molar-refractivity contribution in [1.29, 1.82) is 0 Å². The fourth-order valence-electron chi connectivity index (χ4n) is 4.50. The fraction of sp³-hybridized carbons (Fsp3) is 0.619. The molecule has 0 aromatic heterocycles. The molecule has 2 aliphatic rings. The number of fused-ring (bicyclic) bond motifs is 2. The standard InChI is InChI=1S/C21H31N3O4/c25-20(26)11-7-2-1-6-10-16-17(19-13-12-18(16)28-19)14-22-24-21(27)23-15-8-4-3-5-9-15/h3-5,8-9,16-19,22H,1-2,6-7,10-14H2,(H,25,26)(H2,23,24,27)/t16-,17-,18+,19-/m1/s1. The Morgan fingerprint density at radius 3 is 2.46 bits per heavy atom. The van der Waals surface area contributed by atoms with Crippen LogP contribution in [0.3, 0.4) is 0 Å². The number of rotatable bonds is 11. The SMILES string of the molecule is O=C(O)CCCCCC[C@@H]1[C@@H](CNNC(=O)Nc2ccccc2)[C@H]2CC[C@@H]1O2. The Kier molecular flexibility index (Phi) is 7.68. The number of unbranched alkanes of at least 4 members (excludes halogenated alkanes) is 3. The van der Waals surface area contributed by atoms with E-state index in [-0.39, 0.29) is 18.6 Å². The molecule has 2 heterocycles. The summed E-state index contributed by atoms with van der Waals surface area (Å²) in [6, 6.07) is 9.07. The van der Waals surface area contributed by atoms with Gasteiger partial charge in [-0.25, -0.2) is 10.2 Å². The predicted octanol–water partition coefficient (Wildman–Crippen LogP) is 3.53. The molecule has 2 amide bonds. The number of carboxylic acids is 1. The van der Waals surface area contributed by atoms with Crippen LogP contribution in [-0.4, -0.2) is 35.9 Å². The third kappa shape index (κ3) is 5.94. The Hall–Kier alpha value is -2.12. The third-order valence-corrected chi connectivity index (χ3v) is 5.84. The smallest absolute Gasteiger partial charge is 0.333 e. The molecule has 4 N–H and O–H groups in total. The fourth-order valence-corrected chi connectivity index (χ4v) is 4.50. The van der Waals surface area contributed by atoms with E-state index in [9.17, 15) is 9.59 Å². The Labute approximate surface area is 166 Å².